The summed E-state index contributed by atoms with van der Waals surface area (Å²) in [7, 11) is 0. The number of halogens is 3. The molecule has 1 aliphatic rings. The maximum absolute atomic E-state index is 12.4. The quantitative estimate of drug-likeness (QED) is 0.848. The van der Waals surface area contributed by atoms with E-state index in [1.807, 2.05) is 5.32 Å². The van der Waals surface area contributed by atoms with Crippen molar-refractivity contribution < 1.29 is 27.9 Å². The second-order valence-corrected chi connectivity index (χ2v) is 5.44. The molecule has 1 fully saturated rings. The van der Waals surface area contributed by atoms with Crippen LogP contribution in [0.3, 0.4) is 0 Å². The SMILES string of the molecule is O=C(O)C(CC(F)(F)F)NC(=O)C(c1ccccc1)C1CC1. The normalized spacial score (nSPS) is 17.6. The molecule has 0 aliphatic heterocycles. The Balaban J connectivity index is 2.12. The molecule has 0 aromatic heterocycles. The summed E-state index contributed by atoms with van der Waals surface area (Å²) < 4.78 is 37.2. The van der Waals surface area contributed by atoms with Crippen LogP contribution < -0.4 is 5.32 Å². The lowest BCUT2D eigenvalue weighted by Gasteiger charge is -2.21. The maximum atomic E-state index is 12.4. The van der Waals surface area contributed by atoms with Gasteiger partial charge in [0, 0.05) is 0 Å². The van der Waals surface area contributed by atoms with E-state index in [4.69, 9.17) is 5.11 Å². The summed E-state index contributed by atoms with van der Waals surface area (Å²) >= 11 is 0. The van der Waals surface area contributed by atoms with Gasteiger partial charge in [-0.15, -0.1) is 0 Å². The number of carbonyl (C=O) groups excluding carboxylic acids is 1. The Morgan fingerprint density at radius 1 is 1.23 bits per heavy atom. The standard InChI is InChI=1S/C15H16F3NO3/c16-15(17,18)8-11(14(21)22)19-13(20)12(10-6-7-10)9-4-2-1-3-5-9/h1-5,10-12H,6-8H2,(H,19,20)(H,21,22). The van der Waals surface area contributed by atoms with Gasteiger partial charge in [0.15, 0.2) is 0 Å². The van der Waals surface area contributed by atoms with Crippen molar-refractivity contribution in [1.82, 2.24) is 5.32 Å². The molecule has 2 rings (SSSR count). The highest BCUT2D eigenvalue weighted by atomic mass is 19.4. The van der Waals surface area contributed by atoms with Gasteiger partial charge in [-0.3, -0.25) is 4.79 Å². The average Bonchev–Trinajstić information content (AvgIpc) is 3.22. The molecule has 1 aliphatic carbocycles. The zero-order valence-corrected chi connectivity index (χ0v) is 11.6. The molecule has 0 heterocycles. The number of aliphatic carboxylic acids is 1. The van der Waals surface area contributed by atoms with E-state index in [2.05, 4.69) is 0 Å². The lowest BCUT2D eigenvalue weighted by molar-refractivity contribution is -0.160. The molecule has 4 nitrogen and oxygen atoms in total. The van der Waals surface area contributed by atoms with Gasteiger partial charge >= 0.3 is 12.1 Å². The van der Waals surface area contributed by atoms with Gasteiger partial charge in [-0.2, -0.15) is 13.2 Å². The fraction of sp³-hybridized carbons (Fsp3) is 0.467. The van der Waals surface area contributed by atoms with Gasteiger partial charge in [0.25, 0.3) is 0 Å². The Morgan fingerprint density at radius 2 is 1.82 bits per heavy atom. The van der Waals surface area contributed by atoms with Crippen molar-refractivity contribution in [2.45, 2.75) is 37.4 Å². The van der Waals surface area contributed by atoms with Crippen LogP contribution in [0.2, 0.25) is 0 Å². The molecule has 1 saturated carbocycles. The molecule has 0 saturated heterocycles. The molecule has 1 aromatic carbocycles. The Bertz CT molecular complexity index is 541. The van der Waals surface area contributed by atoms with Gasteiger partial charge in [-0.1, -0.05) is 30.3 Å². The minimum atomic E-state index is -4.65. The van der Waals surface area contributed by atoms with E-state index in [9.17, 15) is 22.8 Å². The third-order valence-corrected chi connectivity index (χ3v) is 3.58. The van der Waals surface area contributed by atoms with Gasteiger partial charge < -0.3 is 10.4 Å². The van der Waals surface area contributed by atoms with Gasteiger partial charge in [-0.25, -0.2) is 4.79 Å². The van der Waals surface area contributed by atoms with E-state index in [1.54, 1.807) is 30.3 Å². The number of carbonyl (C=O) groups is 2. The van der Waals surface area contributed by atoms with Crippen LogP contribution in [0.1, 0.15) is 30.7 Å². The van der Waals surface area contributed by atoms with E-state index in [-0.39, 0.29) is 5.92 Å². The summed E-state index contributed by atoms with van der Waals surface area (Å²) in [5, 5.41) is 10.9. The first-order chi connectivity index (χ1) is 10.3. The van der Waals surface area contributed by atoms with E-state index < -0.39 is 36.4 Å². The maximum Gasteiger partial charge on any atom is 0.391 e. The summed E-state index contributed by atoms with van der Waals surface area (Å²) in [6.45, 7) is 0. The molecule has 0 bridgehead atoms. The van der Waals surface area contributed by atoms with Crippen molar-refractivity contribution in [1.29, 1.82) is 0 Å². The summed E-state index contributed by atoms with van der Waals surface area (Å²) in [4.78, 5) is 23.2. The predicted molar refractivity (Wildman–Crippen MR) is 72.1 cm³/mol. The fourth-order valence-electron chi connectivity index (χ4n) is 2.42. The number of hydrogen-bond acceptors (Lipinski definition) is 2. The molecule has 0 radical (unpaired) electrons. The van der Waals surface area contributed by atoms with Gasteiger partial charge in [-0.05, 0) is 24.3 Å². The molecule has 0 spiro atoms. The molecule has 1 aromatic rings. The zero-order valence-electron chi connectivity index (χ0n) is 11.6. The van der Waals surface area contributed by atoms with Crippen molar-refractivity contribution >= 4 is 11.9 Å². The largest absolute Gasteiger partial charge is 0.480 e. The van der Waals surface area contributed by atoms with E-state index >= 15 is 0 Å². The number of hydrogen-bond donors (Lipinski definition) is 2. The molecule has 120 valence electrons. The van der Waals surface area contributed by atoms with Crippen LogP contribution in [0.15, 0.2) is 30.3 Å². The van der Waals surface area contributed by atoms with Gasteiger partial charge in [0.2, 0.25) is 5.91 Å². The number of alkyl halides is 3. The Morgan fingerprint density at radius 3 is 2.27 bits per heavy atom. The van der Waals surface area contributed by atoms with Crippen molar-refractivity contribution in [3.63, 3.8) is 0 Å². The van der Waals surface area contributed by atoms with Crippen molar-refractivity contribution in [2.24, 2.45) is 5.92 Å². The summed E-state index contributed by atoms with van der Waals surface area (Å²) in [6.07, 6.45) is -4.62. The highest BCUT2D eigenvalue weighted by Crippen LogP contribution is 2.42. The molecule has 7 heteroatoms. The first-order valence-electron chi connectivity index (χ1n) is 6.93. The predicted octanol–water partition coefficient (Wildman–Crippen LogP) is 2.70. The number of rotatable bonds is 6. The Kier molecular flexibility index (Phi) is 4.73. The van der Waals surface area contributed by atoms with Crippen LogP contribution in [0.5, 0.6) is 0 Å². The highest BCUT2D eigenvalue weighted by molar-refractivity contribution is 5.88. The zero-order chi connectivity index (χ0) is 16.3. The first kappa shape index (κ1) is 16.3. The highest BCUT2D eigenvalue weighted by Gasteiger charge is 2.41. The smallest absolute Gasteiger partial charge is 0.391 e. The second-order valence-electron chi connectivity index (χ2n) is 5.44. The first-order valence-corrected chi connectivity index (χ1v) is 6.93. The Hall–Kier alpha value is -2.05. The van der Waals surface area contributed by atoms with Gasteiger partial charge in [0.1, 0.15) is 6.04 Å². The molecular weight excluding hydrogens is 299 g/mol. The summed E-state index contributed by atoms with van der Waals surface area (Å²) in [5.74, 6) is -2.89. The fourth-order valence-corrected chi connectivity index (χ4v) is 2.42. The van der Waals surface area contributed by atoms with Crippen LogP contribution in [-0.4, -0.2) is 29.2 Å². The van der Waals surface area contributed by atoms with Crippen molar-refractivity contribution in [3.05, 3.63) is 35.9 Å². The molecule has 22 heavy (non-hydrogen) atoms. The van der Waals surface area contributed by atoms with Crippen LogP contribution >= 0.6 is 0 Å². The number of carboxylic acid groups (broad SMARTS) is 1. The molecule has 1 amide bonds. The van der Waals surface area contributed by atoms with Crippen LogP contribution in [0, 0.1) is 5.92 Å². The third kappa shape index (κ3) is 4.47. The van der Waals surface area contributed by atoms with Crippen LogP contribution in [-0.2, 0) is 9.59 Å². The molecule has 2 atom stereocenters. The van der Waals surface area contributed by atoms with E-state index in [1.165, 1.54) is 0 Å². The minimum absolute atomic E-state index is 0.0581. The number of amides is 1. The topological polar surface area (TPSA) is 66.4 Å². The molecule has 2 N–H and O–H groups in total. The van der Waals surface area contributed by atoms with E-state index in [0.717, 1.165) is 12.8 Å². The van der Waals surface area contributed by atoms with E-state index in [0.29, 0.717) is 5.56 Å². The number of nitrogens with one attached hydrogen (secondary N) is 1. The lowest BCUT2D eigenvalue weighted by Crippen LogP contribution is -2.45. The summed E-state index contributed by atoms with van der Waals surface area (Å²) in [5.41, 5.74) is 0.693. The van der Waals surface area contributed by atoms with Crippen molar-refractivity contribution in [2.75, 3.05) is 0 Å². The number of benzene rings is 1. The summed E-state index contributed by atoms with van der Waals surface area (Å²) in [6, 6.07) is 6.74. The van der Waals surface area contributed by atoms with Gasteiger partial charge in [0.05, 0.1) is 12.3 Å². The minimum Gasteiger partial charge on any atom is -0.480 e. The lowest BCUT2D eigenvalue weighted by atomic mass is 9.93. The molecular formula is C15H16F3NO3. The van der Waals surface area contributed by atoms with Crippen LogP contribution in [0.4, 0.5) is 13.2 Å². The number of carboxylic acids is 1. The third-order valence-electron chi connectivity index (χ3n) is 3.58. The Labute approximate surface area is 125 Å². The molecule has 2 unspecified atom stereocenters. The monoisotopic (exact) mass is 315 g/mol. The second kappa shape index (κ2) is 6.37. The average molecular weight is 315 g/mol. The van der Waals surface area contributed by atoms with Crippen LogP contribution in [0.25, 0.3) is 0 Å². The van der Waals surface area contributed by atoms with Crippen molar-refractivity contribution in [3.8, 4) is 0 Å².